The number of nitrogens with zero attached hydrogens (tertiary/aromatic N) is 2. The summed E-state index contributed by atoms with van der Waals surface area (Å²) in [5.41, 5.74) is 0. The van der Waals surface area contributed by atoms with E-state index < -0.39 is 0 Å². The van der Waals surface area contributed by atoms with Gasteiger partial charge < -0.3 is 4.90 Å². The predicted molar refractivity (Wildman–Crippen MR) is 104 cm³/mol. The van der Waals surface area contributed by atoms with Crippen molar-refractivity contribution in [2.75, 3.05) is 13.1 Å². The van der Waals surface area contributed by atoms with Crippen molar-refractivity contribution in [1.29, 1.82) is 0 Å². The molecular weight excluding hydrogens is 336 g/mol. The molecule has 0 amide bonds. The highest BCUT2D eigenvalue weighted by molar-refractivity contribution is 8.00. The Hall–Kier alpha value is -0.770. The minimum absolute atomic E-state index is 0.696. The average Bonchev–Trinajstić information content (AvgIpc) is 2.64. The summed E-state index contributed by atoms with van der Waals surface area (Å²) in [6, 6.07) is 7.23. The molecule has 0 atom stereocenters. The van der Waals surface area contributed by atoms with Crippen molar-refractivity contribution in [3.8, 4) is 0 Å². The van der Waals surface area contributed by atoms with Crippen LogP contribution in [0.5, 0.6) is 0 Å². The van der Waals surface area contributed by atoms with Crippen molar-refractivity contribution in [2.24, 2.45) is 0 Å². The van der Waals surface area contributed by atoms with Gasteiger partial charge in [0.2, 0.25) is 0 Å². The summed E-state index contributed by atoms with van der Waals surface area (Å²) in [7, 11) is 0. The average molecular weight is 361 g/mol. The lowest BCUT2D eigenvalue weighted by Gasteiger charge is -2.39. The van der Waals surface area contributed by atoms with Crippen molar-refractivity contribution >= 4 is 34.1 Å². The number of aromatic nitrogens is 1. The zero-order chi connectivity index (χ0) is 16.4. The zero-order valence-corrected chi connectivity index (χ0v) is 15.7. The number of benzene rings is 1. The Morgan fingerprint density at radius 2 is 1.79 bits per heavy atom. The third-order valence-corrected chi connectivity index (χ3v) is 7.37. The fourth-order valence-corrected chi connectivity index (χ4v) is 5.64. The summed E-state index contributed by atoms with van der Waals surface area (Å²) in [5, 5.41) is 3.92. The number of piperidine rings is 1. The number of fused-ring (bicyclic) bond motifs is 1. The van der Waals surface area contributed by atoms with E-state index >= 15 is 0 Å². The van der Waals surface area contributed by atoms with Crippen LogP contribution >= 0.6 is 23.4 Å². The quantitative estimate of drug-likeness (QED) is 0.690. The number of hydrogen-bond acceptors (Lipinski definition) is 3. The molecule has 4 heteroatoms. The van der Waals surface area contributed by atoms with Crippen LogP contribution < -0.4 is 0 Å². The molecule has 2 aliphatic rings. The zero-order valence-electron chi connectivity index (χ0n) is 14.1. The molecule has 2 fully saturated rings. The van der Waals surface area contributed by atoms with Gasteiger partial charge in [0.15, 0.2) is 0 Å². The topological polar surface area (TPSA) is 16.1 Å². The van der Waals surface area contributed by atoms with Gasteiger partial charge in [0.1, 0.15) is 0 Å². The molecule has 4 rings (SSSR count). The van der Waals surface area contributed by atoms with Crippen LogP contribution in [0.15, 0.2) is 35.5 Å². The lowest BCUT2D eigenvalue weighted by molar-refractivity contribution is 0.133. The molecule has 24 heavy (non-hydrogen) atoms. The maximum atomic E-state index is 6.51. The van der Waals surface area contributed by atoms with E-state index in [0.29, 0.717) is 5.25 Å². The van der Waals surface area contributed by atoms with Gasteiger partial charge in [-0.2, -0.15) is 0 Å². The van der Waals surface area contributed by atoms with Crippen molar-refractivity contribution < 1.29 is 0 Å². The van der Waals surface area contributed by atoms with Crippen molar-refractivity contribution in [1.82, 2.24) is 9.88 Å². The number of likely N-dealkylation sites (tertiary alicyclic amines) is 1. The van der Waals surface area contributed by atoms with Gasteiger partial charge in [-0.25, -0.2) is 0 Å². The normalized spacial score (nSPS) is 21.4. The number of pyridine rings is 1. The maximum absolute atomic E-state index is 6.51. The number of thioether (sulfide) groups is 1. The molecule has 2 heterocycles. The summed E-state index contributed by atoms with van der Waals surface area (Å²) >= 11 is 8.49. The third kappa shape index (κ3) is 3.74. The molecule has 0 radical (unpaired) electrons. The highest BCUT2D eigenvalue weighted by atomic mass is 35.5. The van der Waals surface area contributed by atoms with Crippen LogP contribution in [0.1, 0.15) is 44.9 Å². The first-order valence-corrected chi connectivity index (χ1v) is 10.5. The fourth-order valence-electron chi connectivity index (χ4n) is 4.16. The second-order valence-electron chi connectivity index (χ2n) is 7.15. The monoisotopic (exact) mass is 360 g/mol. The lowest BCUT2D eigenvalue weighted by Crippen LogP contribution is -2.43. The number of hydrogen-bond donors (Lipinski definition) is 0. The molecule has 128 valence electrons. The molecule has 0 spiro atoms. The van der Waals surface area contributed by atoms with E-state index in [1.165, 1.54) is 68.3 Å². The van der Waals surface area contributed by atoms with Gasteiger partial charge in [-0.15, -0.1) is 11.8 Å². The number of halogens is 1. The Morgan fingerprint density at radius 3 is 2.58 bits per heavy atom. The Bertz CT molecular complexity index is 691. The number of rotatable bonds is 3. The van der Waals surface area contributed by atoms with Gasteiger partial charge in [-0.05, 0) is 62.4 Å². The Morgan fingerprint density at radius 1 is 1.00 bits per heavy atom. The molecule has 0 N–H and O–H groups in total. The Labute approximate surface area is 154 Å². The molecule has 1 aliphatic heterocycles. The molecule has 1 aromatic carbocycles. The highest BCUT2D eigenvalue weighted by Crippen LogP contribution is 2.38. The lowest BCUT2D eigenvalue weighted by atomic mass is 9.93. The van der Waals surface area contributed by atoms with Crippen LogP contribution in [0.4, 0.5) is 0 Å². The molecule has 1 saturated heterocycles. The van der Waals surface area contributed by atoms with E-state index in [4.69, 9.17) is 11.6 Å². The first kappa shape index (κ1) is 16.7. The van der Waals surface area contributed by atoms with Gasteiger partial charge >= 0.3 is 0 Å². The van der Waals surface area contributed by atoms with Crippen LogP contribution in [0.3, 0.4) is 0 Å². The van der Waals surface area contributed by atoms with Gasteiger partial charge in [-0.1, -0.05) is 30.9 Å². The molecule has 2 aromatic rings. The second-order valence-corrected chi connectivity index (χ2v) is 8.90. The Kier molecular flexibility index (Phi) is 5.31. The summed E-state index contributed by atoms with van der Waals surface area (Å²) in [6.45, 7) is 2.52. The SMILES string of the molecule is Clc1cc2cnccc2cc1SC1CCN(C2CCCCC2)CC1. The van der Waals surface area contributed by atoms with Gasteiger partial charge in [-0.3, -0.25) is 4.98 Å². The van der Waals surface area contributed by atoms with E-state index in [9.17, 15) is 0 Å². The molecule has 1 aromatic heterocycles. The van der Waals surface area contributed by atoms with Crippen LogP contribution in [-0.4, -0.2) is 34.3 Å². The smallest absolute Gasteiger partial charge is 0.0548 e. The van der Waals surface area contributed by atoms with Crippen molar-refractivity contribution in [3.63, 3.8) is 0 Å². The molecule has 1 aliphatic carbocycles. The van der Waals surface area contributed by atoms with E-state index in [2.05, 4.69) is 28.1 Å². The second kappa shape index (κ2) is 7.63. The maximum Gasteiger partial charge on any atom is 0.0548 e. The van der Waals surface area contributed by atoms with Crippen LogP contribution in [0.2, 0.25) is 5.02 Å². The minimum Gasteiger partial charge on any atom is -0.300 e. The fraction of sp³-hybridized carbons (Fsp3) is 0.550. The van der Waals surface area contributed by atoms with E-state index in [1.54, 1.807) is 0 Å². The van der Waals surface area contributed by atoms with Crippen molar-refractivity contribution in [2.45, 2.75) is 61.1 Å². The minimum atomic E-state index is 0.696. The van der Waals surface area contributed by atoms with Crippen LogP contribution in [-0.2, 0) is 0 Å². The predicted octanol–water partition coefficient (Wildman–Crippen LogP) is 5.78. The standard InChI is InChI=1S/C20H25ClN2S/c21-19-12-16-14-22-9-6-15(16)13-20(19)24-18-7-10-23(11-8-18)17-4-2-1-3-5-17/h6,9,12-14,17-18H,1-5,7-8,10-11H2. The van der Waals surface area contributed by atoms with Crippen molar-refractivity contribution in [3.05, 3.63) is 35.6 Å². The summed E-state index contributed by atoms with van der Waals surface area (Å²) in [6.07, 6.45) is 13.5. The van der Waals surface area contributed by atoms with E-state index in [0.717, 1.165) is 16.5 Å². The third-order valence-electron chi connectivity index (χ3n) is 5.55. The summed E-state index contributed by atoms with van der Waals surface area (Å²) < 4.78 is 0. The molecular formula is C20H25ClN2S. The van der Waals surface area contributed by atoms with Crippen LogP contribution in [0, 0.1) is 0 Å². The van der Waals surface area contributed by atoms with Gasteiger partial charge in [0.05, 0.1) is 5.02 Å². The summed E-state index contributed by atoms with van der Waals surface area (Å²) in [5.74, 6) is 0. The van der Waals surface area contributed by atoms with Gasteiger partial charge in [0, 0.05) is 34.0 Å². The largest absolute Gasteiger partial charge is 0.300 e. The molecule has 0 unspecified atom stereocenters. The van der Waals surface area contributed by atoms with E-state index in [1.807, 2.05) is 24.2 Å². The Balaban J connectivity index is 1.39. The molecule has 1 saturated carbocycles. The summed E-state index contributed by atoms with van der Waals surface area (Å²) in [4.78, 5) is 8.16. The first-order chi connectivity index (χ1) is 11.8. The van der Waals surface area contributed by atoms with Crippen LogP contribution in [0.25, 0.3) is 10.8 Å². The highest BCUT2D eigenvalue weighted by Gasteiger charge is 2.26. The molecule has 0 bridgehead atoms. The van der Waals surface area contributed by atoms with E-state index in [-0.39, 0.29) is 0 Å². The van der Waals surface area contributed by atoms with Gasteiger partial charge in [0.25, 0.3) is 0 Å². The molecule has 2 nitrogen and oxygen atoms in total. The first-order valence-electron chi connectivity index (χ1n) is 9.23.